The molecule has 1 aromatic carbocycles. The maximum absolute atomic E-state index is 5.85. The minimum atomic E-state index is 0.771. The molecule has 17 heavy (non-hydrogen) atoms. The third-order valence-corrected chi connectivity index (χ3v) is 2.77. The summed E-state index contributed by atoms with van der Waals surface area (Å²) < 4.78 is 2.08. The van der Waals surface area contributed by atoms with Crippen LogP contribution in [-0.2, 0) is 13.1 Å². The van der Waals surface area contributed by atoms with Gasteiger partial charge in [-0.1, -0.05) is 30.7 Å². The Hall–Kier alpha value is -1.32. The topological polar surface area (TPSA) is 29.9 Å². The Bertz CT molecular complexity index is 462. The van der Waals surface area contributed by atoms with Crippen molar-refractivity contribution in [2.75, 3.05) is 6.54 Å². The first-order valence-corrected chi connectivity index (χ1v) is 6.11. The molecular weight excluding hydrogens is 234 g/mol. The van der Waals surface area contributed by atoms with Crippen LogP contribution >= 0.6 is 11.6 Å². The number of halogens is 1. The van der Waals surface area contributed by atoms with E-state index in [1.54, 1.807) is 0 Å². The number of imidazole rings is 1. The van der Waals surface area contributed by atoms with Crippen molar-refractivity contribution in [3.05, 3.63) is 53.1 Å². The van der Waals surface area contributed by atoms with Gasteiger partial charge in [0, 0.05) is 24.3 Å². The van der Waals surface area contributed by atoms with Gasteiger partial charge in [-0.2, -0.15) is 0 Å². The highest BCUT2D eigenvalue weighted by molar-refractivity contribution is 6.30. The molecule has 0 atom stereocenters. The largest absolute Gasteiger partial charge is 0.333 e. The monoisotopic (exact) mass is 249 g/mol. The Morgan fingerprint density at radius 1 is 1.29 bits per heavy atom. The van der Waals surface area contributed by atoms with Gasteiger partial charge < -0.3 is 9.88 Å². The van der Waals surface area contributed by atoms with Crippen molar-refractivity contribution in [3.8, 4) is 0 Å². The molecule has 0 fully saturated rings. The van der Waals surface area contributed by atoms with Gasteiger partial charge in [-0.05, 0) is 24.2 Å². The second-order valence-corrected chi connectivity index (χ2v) is 4.38. The minimum Gasteiger partial charge on any atom is -0.333 e. The number of nitrogens with zero attached hydrogens (tertiary/aromatic N) is 2. The summed E-state index contributed by atoms with van der Waals surface area (Å²) in [6.45, 7) is 4.70. The number of nitrogens with one attached hydrogen (secondary N) is 1. The Morgan fingerprint density at radius 2 is 2.06 bits per heavy atom. The van der Waals surface area contributed by atoms with E-state index >= 15 is 0 Å². The smallest absolute Gasteiger partial charge is 0.0953 e. The first-order chi connectivity index (χ1) is 8.28. The zero-order valence-corrected chi connectivity index (χ0v) is 10.6. The fourth-order valence-corrected chi connectivity index (χ4v) is 1.76. The highest BCUT2D eigenvalue weighted by atomic mass is 35.5. The summed E-state index contributed by atoms with van der Waals surface area (Å²) in [5.74, 6) is 0. The average molecular weight is 250 g/mol. The maximum Gasteiger partial charge on any atom is 0.0953 e. The lowest BCUT2D eigenvalue weighted by molar-refractivity contribution is 0.712. The number of hydrogen-bond acceptors (Lipinski definition) is 2. The predicted octanol–water partition coefficient (Wildman–Crippen LogP) is 2.69. The Morgan fingerprint density at radius 3 is 2.76 bits per heavy atom. The summed E-state index contributed by atoms with van der Waals surface area (Å²) in [6.07, 6.45) is 3.93. The van der Waals surface area contributed by atoms with E-state index in [-0.39, 0.29) is 0 Å². The Balaban J connectivity index is 1.98. The summed E-state index contributed by atoms with van der Waals surface area (Å²) in [6, 6.07) is 7.89. The van der Waals surface area contributed by atoms with Gasteiger partial charge in [-0.15, -0.1) is 0 Å². The van der Waals surface area contributed by atoms with E-state index in [2.05, 4.69) is 28.0 Å². The number of hydrogen-bond donors (Lipinski definition) is 1. The van der Waals surface area contributed by atoms with Crippen LogP contribution in [0.15, 0.2) is 36.8 Å². The van der Waals surface area contributed by atoms with E-state index in [4.69, 9.17) is 11.6 Å². The minimum absolute atomic E-state index is 0.771. The van der Waals surface area contributed by atoms with Crippen molar-refractivity contribution in [3.63, 3.8) is 0 Å². The molecule has 90 valence electrons. The van der Waals surface area contributed by atoms with Gasteiger partial charge in [0.1, 0.15) is 0 Å². The molecule has 0 aliphatic carbocycles. The lowest BCUT2D eigenvalue weighted by atomic mass is 10.2. The lowest BCUT2D eigenvalue weighted by Crippen LogP contribution is -2.11. The molecule has 0 saturated heterocycles. The van der Waals surface area contributed by atoms with Gasteiger partial charge in [0.2, 0.25) is 0 Å². The quantitative estimate of drug-likeness (QED) is 0.883. The lowest BCUT2D eigenvalue weighted by Gasteiger charge is -2.02. The number of benzene rings is 1. The highest BCUT2D eigenvalue weighted by Crippen LogP contribution is 2.10. The molecule has 0 radical (unpaired) electrons. The second-order valence-electron chi connectivity index (χ2n) is 3.94. The number of aromatic nitrogens is 2. The van der Waals surface area contributed by atoms with Crippen LogP contribution in [0, 0.1) is 0 Å². The summed E-state index contributed by atoms with van der Waals surface area (Å²) in [7, 11) is 0. The molecule has 1 N–H and O–H groups in total. The van der Waals surface area contributed by atoms with E-state index in [9.17, 15) is 0 Å². The molecular formula is C13H16ClN3. The molecule has 2 rings (SSSR count). The molecule has 0 aliphatic heterocycles. The zero-order chi connectivity index (χ0) is 12.1. The predicted molar refractivity (Wildman–Crippen MR) is 70.2 cm³/mol. The molecule has 0 amide bonds. The van der Waals surface area contributed by atoms with Gasteiger partial charge >= 0.3 is 0 Å². The van der Waals surface area contributed by atoms with Crippen molar-refractivity contribution in [1.29, 1.82) is 0 Å². The molecule has 0 aliphatic rings. The van der Waals surface area contributed by atoms with Gasteiger partial charge in [-0.3, -0.25) is 0 Å². The first-order valence-electron chi connectivity index (χ1n) is 5.73. The maximum atomic E-state index is 5.85. The molecule has 2 aromatic rings. The van der Waals surface area contributed by atoms with Gasteiger partial charge in [0.15, 0.2) is 0 Å². The normalized spacial score (nSPS) is 10.7. The fourth-order valence-electron chi connectivity index (χ4n) is 1.64. The van der Waals surface area contributed by atoms with Crippen LogP contribution in [0.4, 0.5) is 0 Å². The third-order valence-electron chi connectivity index (χ3n) is 2.52. The molecule has 0 saturated carbocycles. The van der Waals surface area contributed by atoms with Crippen molar-refractivity contribution in [2.24, 2.45) is 0 Å². The highest BCUT2D eigenvalue weighted by Gasteiger charge is 1.99. The molecule has 3 nitrogen and oxygen atoms in total. The van der Waals surface area contributed by atoms with Crippen LogP contribution in [-0.4, -0.2) is 16.1 Å². The van der Waals surface area contributed by atoms with Gasteiger partial charge in [0.05, 0.1) is 12.0 Å². The summed E-state index contributed by atoms with van der Waals surface area (Å²) >= 11 is 5.85. The number of rotatable bonds is 5. The van der Waals surface area contributed by atoms with Crippen LogP contribution in [0.5, 0.6) is 0 Å². The van der Waals surface area contributed by atoms with E-state index in [0.717, 1.165) is 30.4 Å². The fraction of sp³-hybridized carbons (Fsp3) is 0.308. The van der Waals surface area contributed by atoms with Crippen LogP contribution in [0.2, 0.25) is 5.02 Å². The summed E-state index contributed by atoms with van der Waals surface area (Å²) in [4.78, 5) is 4.34. The summed E-state index contributed by atoms with van der Waals surface area (Å²) in [5.41, 5.74) is 2.29. The molecule has 4 heteroatoms. The molecule has 1 heterocycles. The van der Waals surface area contributed by atoms with Gasteiger partial charge in [-0.25, -0.2) is 4.98 Å². The van der Waals surface area contributed by atoms with Crippen LogP contribution in [0.25, 0.3) is 0 Å². The van der Waals surface area contributed by atoms with Crippen LogP contribution < -0.4 is 5.32 Å². The van der Waals surface area contributed by atoms with E-state index in [1.165, 1.54) is 5.56 Å². The average Bonchev–Trinajstić information content (AvgIpc) is 2.77. The Labute approximate surface area is 106 Å². The van der Waals surface area contributed by atoms with Crippen molar-refractivity contribution in [2.45, 2.75) is 20.0 Å². The standard InChI is InChI=1S/C13H16ClN3/c1-2-15-7-13-9-17(10-16-13)8-11-3-5-12(14)6-4-11/h3-6,9-10,15H,2,7-8H2,1H3. The SMILES string of the molecule is CCNCc1cn(Cc2ccc(Cl)cc2)cn1. The third kappa shape index (κ3) is 3.58. The Kier molecular flexibility index (Phi) is 4.18. The van der Waals surface area contributed by atoms with Crippen LogP contribution in [0.3, 0.4) is 0 Å². The van der Waals surface area contributed by atoms with E-state index < -0.39 is 0 Å². The zero-order valence-electron chi connectivity index (χ0n) is 9.86. The van der Waals surface area contributed by atoms with Gasteiger partial charge in [0.25, 0.3) is 0 Å². The molecule has 0 bridgehead atoms. The first kappa shape index (κ1) is 12.1. The molecule has 1 aromatic heterocycles. The van der Waals surface area contributed by atoms with Crippen LogP contribution in [0.1, 0.15) is 18.2 Å². The molecule has 0 spiro atoms. The van der Waals surface area contributed by atoms with Crippen molar-refractivity contribution < 1.29 is 0 Å². The second kappa shape index (κ2) is 5.84. The van der Waals surface area contributed by atoms with E-state index in [0.29, 0.717) is 0 Å². The summed E-state index contributed by atoms with van der Waals surface area (Å²) in [5, 5.41) is 4.03. The van der Waals surface area contributed by atoms with Crippen molar-refractivity contribution >= 4 is 11.6 Å². The molecule has 0 unspecified atom stereocenters. The van der Waals surface area contributed by atoms with E-state index in [1.807, 2.05) is 30.6 Å². The van der Waals surface area contributed by atoms with Crippen molar-refractivity contribution in [1.82, 2.24) is 14.9 Å².